The van der Waals surface area contributed by atoms with E-state index < -0.39 is 0 Å². The molecule has 0 saturated heterocycles. The molecule has 1 N–H and O–H groups in total. The van der Waals surface area contributed by atoms with Gasteiger partial charge in [-0.2, -0.15) is 0 Å². The molecule has 3 nitrogen and oxygen atoms in total. The van der Waals surface area contributed by atoms with E-state index in [1.165, 1.54) is 0 Å². The molecule has 1 aromatic carbocycles. The van der Waals surface area contributed by atoms with Gasteiger partial charge in [0.15, 0.2) is 0 Å². The van der Waals surface area contributed by atoms with Crippen LogP contribution in [0.25, 0.3) is 0 Å². The van der Waals surface area contributed by atoms with E-state index in [4.69, 9.17) is 23.2 Å². The van der Waals surface area contributed by atoms with E-state index in [2.05, 4.69) is 44.6 Å². The van der Waals surface area contributed by atoms with Gasteiger partial charge >= 0.3 is 0 Å². The van der Waals surface area contributed by atoms with Crippen molar-refractivity contribution in [1.29, 1.82) is 0 Å². The minimum atomic E-state index is 0.371. The number of rotatable bonds is 4. The lowest BCUT2D eigenvalue weighted by Crippen LogP contribution is -2.09. The monoisotopic (exact) mass is 361 g/mol. The minimum absolute atomic E-state index is 0.371. The Labute approximate surface area is 131 Å². The average molecular weight is 363 g/mol. The van der Waals surface area contributed by atoms with Crippen LogP contribution in [0.5, 0.6) is 0 Å². The molecule has 102 valence electrons. The molecule has 0 unspecified atom stereocenters. The summed E-state index contributed by atoms with van der Waals surface area (Å²) in [6.07, 6.45) is 3.67. The summed E-state index contributed by atoms with van der Waals surface area (Å²) in [5, 5.41) is 4.45. The van der Waals surface area contributed by atoms with E-state index in [9.17, 15) is 0 Å². The second-order valence-electron chi connectivity index (χ2n) is 4.48. The van der Waals surface area contributed by atoms with Crippen molar-refractivity contribution in [2.75, 3.05) is 5.32 Å². The Hall–Kier alpha value is -0.710. The van der Waals surface area contributed by atoms with Crippen LogP contribution in [0.2, 0.25) is 10.0 Å². The SMILES string of the molecule is CC(C)n1cncc1CNc1c(Cl)cc(Br)cc1Cl. The Morgan fingerprint density at radius 1 is 1.32 bits per heavy atom. The first-order valence-corrected chi connectivity index (χ1v) is 7.43. The summed E-state index contributed by atoms with van der Waals surface area (Å²) in [6, 6.07) is 4.00. The first-order chi connectivity index (χ1) is 8.99. The molecule has 19 heavy (non-hydrogen) atoms. The molecule has 0 radical (unpaired) electrons. The standard InChI is InChI=1S/C13H14BrCl2N3/c1-8(2)19-7-17-5-10(19)6-18-13-11(15)3-9(14)4-12(13)16/h3-5,7-8,18H,6H2,1-2H3. The number of benzene rings is 1. The van der Waals surface area contributed by atoms with Crippen molar-refractivity contribution in [1.82, 2.24) is 9.55 Å². The van der Waals surface area contributed by atoms with Crippen molar-refractivity contribution in [2.24, 2.45) is 0 Å². The van der Waals surface area contributed by atoms with Crippen LogP contribution in [0, 0.1) is 0 Å². The third-order valence-electron chi connectivity index (χ3n) is 2.76. The lowest BCUT2D eigenvalue weighted by Gasteiger charge is -2.14. The van der Waals surface area contributed by atoms with Crippen molar-refractivity contribution in [3.63, 3.8) is 0 Å². The molecule has 0 amide bonds. The number of nitrogens with one attached hydrogen (secondary N) is 1. The van der Waals surface area contributed by atoms with Gasteiger partial charge in [-0.3, -0.25) is 0 Å². The van der Waals surface area contributed by atoms with Crippen LogP contribution in [0.4, 0.5) is 5.69 Å². The summed E-state index contributed by atoms with van der Waals surface area (Å²) >= 11 is 15.7. The predicted octanol–water partition coefficient (Wildman–Crippen LogP) is 5.15. The number of imidazole rings is 1. The second kappa shape index (κ2) is 6.16. The fraction of sp³-hybridized carbons (Fsp3) is 0.308. The molecule has 0 aliphatic carbocycles. The molecule has 0 atom stereocenters. The third-order valence-corrected chi connectivity index (χ3v) is 3.81. The Balaban J connectivity index is 2.17. The highest BCUT2D eigenvalue weighted by molar-refractivity contribution is 9.10. The predicted molar refractivity (Wildman–Crippen MR) is 84.1 cm³/mol. The first kappa shape index (κ1) is 14.7. The molecule has 0 fully saturated rings. The van der Waals surface area contributed by atoms with Crippen molar-refractivity contribution < 1.29 is 0 Å². The zero-order chi connectivity index (χ0) is 14.0. The van der Waals surface area contributed by atoms with Crippen LogP contribution < -0.4 is 5.32 Å². The molecule has 6 heteroatoms. The molecule has 0 aliphatic heterocycles. The lowest BCUT2D eigenvalue weighted by atomic mass is 10.3. The maximum Gasteiger partial charge on any atom is 0.0951 e. The molecule has 0 aliphatic rings. The smallest absolute Gasteiger partial charge is 0.0951 e. The molecule has 1 aromatic heterocycles. The molecule has 1 heterocycles. The number of aromatic nitrogens is 2. The van der Waals surface area contributed by atoms with Crippen LogP contribution in [-0.2, 0) is 6.54 Å². The van der Waals surface area contributed by atoms with Gasteiger partial charge in [-0.1, -0.05) is 39.1 Å². The van der Waals surface area contributed by atoms with Gasteiger partial charge in [0.25, 0.3) is 0 Å². The third kappa shape index (κ3) is 3.44. The topological polar surface area (TPSA) is 29.9 Å². The Morgan fingerprint density at radius 2 is 1.95 bits per heavy atom. The van der Waals surface area contributed by atoms with E-state index in [0.717, 1.165) is 15.9 Å². The number of nitrogens with zero attached hydrogens (tertiary/aromatic N) is 2. The molecule has 0 saturated carbocycles. The summed E-state index contributed by atoms with van der Waals surface area (Å²) in [5.74, 6) is 0. The first-order valence-electron chi connectivity index (χ1n) is 5.88. The van der Waals surface area contributed by atoms with E-state index in [1.54, 1.807) is 0 Å². The number of halogens is 3. The largest absolute Gasteiger partial charge is 0.377 e. The van der Waals surface area contributed by atoms with E-state index in [0.29, 0.717) is 22.6 Å². The van der Waals surface area contributed by atoms with Crippen molar-refractivity contribution in [3.05, 3.63) is 44.9 Å². The number of hydrogen-bond acceptors (Lipinski definition) is 2. The summed E-state index contributed by atoms with van der Waals surface area (Å²) in [4.78, 5) is 4.16. The van der Waals surface area contributed by atoms with E-state index >= 15 is 0 Å². The second-order valence-corrected chi connectivity index (χ2v) is 6.21. The zero-order valence-corrected chi connectivity index (χ0v) is 13.7. The van der Waals surface area contributed by atoms with Gasteiger partial charge in [-0.15, -0.1) is 0 Å². The van der Waals surface area contributed by atoms with Gasteiger partial charge in [0.2, 0.25) is 0 Å². The summed E-state index contributed by atoms with van der Waals surface area (Å²) < 4.78 is 2.97. The van der Waals surface area contributed by atoms with Crippen LogP contribution in [0.3, 0.4) is 0 Å². The summed E-state index contributed by atoms with van der Waals surface area (Å²) in [7, 11) is 0. The van der Waals surface area contributed by atoms with Crippen molar-refractivity contribution >= 4 is 44.8 Å². The Kier molecular flexibility index (Phi) is 4.76. The number of anilines is 1. The molecule has 2 aromatic rings. The molecule has 0 spiro atoms. The average Bonchev–Trinajstić information content (AvgIpc) is 2.75. The molecular formula is C13H14BrCl2N3. The summed E-state index contributed by atoms with van der Waals surface area (Å²) in [6.45, 7) is 4.86. The quantitative estimate of drug-likeness (QED) is 0.815. The normalized spacial score (nSPS) is 11.1. The summed E-state index contributed by atoms with van der Waals surface area (Å²) in [5.41, 5.74) is 1.83. The highest BCUT2D eigenvalue weighted by atomic mass is 79.9. The fourth-order valence-electron chi connectivity index (χ4n) is 1.82. The maximum atomic E-state index is 6.18. The van der Waals surface area contributed by atoms with Crippen LogP contribution in [0.15, 0.2) is 29.1 Å². The molecular weight excluding hydrogens is 349 g/mol. The Bertz CT molecular complexity index is 558. The maximum absolute atomic E-state index is 6.18. The molecule has 0 bridgehead atoms. The van der Waals surface area contributed by atoms with Crippen LogP contribution in [-0.4, -0.2) is 9.55 Å². The van der Waals surface area contributed by atoms with Gasteiger partial charge in [0.05, 0.1) is 34.3 Å². The fourth-order valence-corrected chi connectivity index (χ4v) is 3.17. The van der Waals surface area contributed by atoms with Crippen molar-refractivity contribution in [3.8, 4) is 0 Å². The van der Waals surface area contributed by atoms with Gasteiger partial charge in [0.1, 0.15) is 0 Å². The highest BCUT2D eigenvalue weighted by Crippen LogP contribution is 2.34. The van der Waals surface area contributed by atoms with Gasteiger partial charge < -0.3 is 9.88 Å². The van der Waals surface area contributed by atoms with Crippen molar-refractivity contribution in [2.45, 2.75) is 26.4 Å². The van der Waals surface area contributed by atoms with Gasteiger partial charge in [-0.25, -0.2) is 4.98 Å². The van der Waals surface area contributed by atoms with E-state index in [-0.39, 0.29) is 0 Å². The number of hydrogen-bond donors (Lipinski definition) is 1. The molecule has 2 rings (SSSR count). The Morgan fingerprint density at radius 3 is 2.53 bits per heavy atom. The van der Waals surface area contributed by atoms with Crippen LogP contribution >= 0.6 is 39.1 Å². The van der Waals surface area contributed by atoms with Gasteiger partial charge in [-0.05, 0) is 26.0 Å². The highest BCUT2D eigenvalue weighted by Gasteiger charge is 2.09. The van der Waals surface area contributed by atoms with Gasteiger partial charge in [0, 0.05) is 16.7 Å². The zero-order valence-electron chi connectivity index (χ0n) is 10.6. The minimum Gasteiger partial charge on any atom is -0.377 e. The van der Waals surface area contributed by atoms with E-state index in [1.807, 2.05) is 24.7 Å². The lowest BCUT2D eigenvalue weighted by molar-refractivity contribution is 0.577. The van der Waals surface area contributed by atoms with Crippen LogP contribution in [0.1, 0.15) is 25.6 Å².